The van der Waals surface area contributed by atoms with Crippen LogP contribution in [0.25, 0.3) is 0 Å². The van der Waals surface area contributed by atoms with Crippen LogP contribution in [0, 0.1) is 0 Å². The van der Waals surface area contributed by atoms with Gasteiger partial charge >= 0.3 is 0 Å². The van der Waals surface area contributed by atoms with Crippen LogP contribution in [0.2, 0.25) is 0 Å². The number of aromatic nitrogens is 3. The summed E-state index contributed by atoms with van der Waals surface area (Å²) in [4.78, 5) is 18.3. The smallest absolute Gasteiger partial charge is 0.267 e. The van der Waals surface area contributed by atoms with Gasteiger partial charge in [0.15, 0.2) is 0 Å². The number of hydrogen-bond donors (Lipinski definition) is 2. The number of hydrogen-bond acceptors (Lipinski definition) is 2. The minimum Gasteiger partial charge on any atom is -0.357 e. The second kappa shape index (κ2) is 5.16. The molecule has 0 aliphatic heterocycles. The molecule has 2 aromatic rings. The van der Waals surface area contributed by atoms with Crippen molar-refractivity contribution in [2.45, 2.75) is 13.0 Å². The number of amides is 1. The number of imidazole rings is 1. The van der Waals surface area contributed by atoms with E-state index in [1.165, 1.54) is 0 Å². The van der Waals surface area contributed by atoms with Gasteiger partial charge in [0.1, 0.15) is 5.69 Å². The van der Waals surface area contributed by atoms with Crippen LogP contribution < -0.4 is 5.32 Å². The first-order valence-corrected chi connectivity index (χ1v) is 5.23. The van der Waals surface area contributed by atoms with Crippen LogP contribution >= 0.6 is 0 Å². The van der Waals surface area contributed by atoms with Crippen molar-refractivity contribution in [3.63, 3.8) is 0 Å². The number of carbonyl (C=O) groups excluding carboxylic acids is 1. The summed E-state index contributed by atoms with van der Waals surface area (Å²) in [6.45, 7) is 1.53. The summed E-state index contributed by atoms with van der Waals surface area (Å²) in [6, 6.07) is 3.56. The first kappa shape index (κ1) is 10.5. The van der Waals surface area contributed by atoms with E-state index in [1.807, 2.05) is 10.8 Å². The van der Waals surface area contributed by atoms with E-state index in [2.05, 4.69) is 15.3 Å². The molecule has 16 heavy (non-hydrogen) atoms. The third-order valence-electron chi connectivity index (χ3n) is 2.28. The molecule has 0 spiro atoms. The minimum atomic E-state index is -0.0596. The van der Waals surface area contributed by atoms with Crippen molar-refractivity contribution in [2.75, 3.05) is 6.54 Å². The molecule has 0 bridgehead atoms. The summed E-state index contributed by atoms with van der Waals surface area (Å²) in [6.07, 6.45) is 8.06. The van der Waals surface area contributed by atoms with Gasteiger partial charge in [-0.15, -0.1) is 0 Å². The zero-order valence-electron chi connectivity index (χ0n) is 8.89. The molecule has 2 heterocycles. The molecule has 0 aliphatic rings. The first-order valence-electron chi connectivity index (χ1n) is 5.23. The second-order valence-electron chi connectivity index (χ2n) is 3.49. The Kier molecular flexibility index (Phi) is 3.38. The quantitative estimate of drug-likeness (QED) is 0.736. The van der Waals surface area contributed by atoms with Crippen LogP contribution in [-0.4, -0.2) is 27.0 Å². The molecule has 0 aromatic carbocycles. The predicted molar refractivity (Wildman–Crippen MR) is 60.0 cm³/mol. The summed E-state index contributed by atoms with van der Waals surface area (Å²) in [5.74, 6) is -0.0596. The van der Waals surface area contributed by atoms with E-state index in [1.54, 1.807) is 30.9 Å². The van der Waals surface area contributed by atoms with Gasteiger partial charge in [-0.2, -0.15) is 0 Å². The number of aryl methyl sites for hydroxylation is 1. The molecule has 5 nitrogen and oxygen atoms in total. The molecule has 0 aliphatic carbocycles. The van der Waals surface area contributed by atoms with E-state index < -0.39 is 0 Å². The maximum atomic E-state index is 11.5. The lowest BCUT2D eigenvalue weighted by Crippen LogP contribution is -2.25. The lowest BCUT2D eigenvalue weighted by atomic mass is 10.3. The van der Waals surface area contributed by atoms with Gasteiger partial charge in [0, 0.05) is 31.7 Å². The van der Waals surface area contributed by atoms with Crippen LogP contribution in [0.1, 0.15) is 16.9 Å². The van der Waals surface area contributed by atoms with E-state index in [-0.39, 0.29) is 5.91 Å². The predicted octanol–water partition coefficient (Wildman–Crippen LogP) is 1.03. The van der Waals surface area contributed by atoms with Gasteiger partial charge in [-0.25, -0.2) is 4.98 Å². The summed E-state index contributed by atoms with van der Waals surface area (Å²) >= 11 is 0. The summed E-state index contributed by atoms with van der Waals surface area (Å²) < 4.78 is 1.99. The van der Waals surface area contributed by atoms with Crippen LogP contribution in [-0.2, 0) is 6.54 Å². The van der Waals surface area contributed by atoms with E-state index in [4.69, 9.17) is 0 Å². The molecule has 0 atom stereocenters. The highest BCUT2D eigenvalue weighted by molar-refractivity contribution is 5.92. The second-order valence-corrected chi connectivity index (χ2v) is 3.49. The summed E-state index contributed by atoms with van der Waals surface area (Å²) in [5, 5.41) is 2.84. The Morgan fingerprint density at radius 2 is 2.50 bits per heavy atom. The largest absolute Gasteiger partial charge is 0.357 e. The zero-order chi connectivity index (χ0) is 11.2. The number of aromatic amines is 1. The van der Waals surface area contributed by atoms with Crippen LogP contribution in [0.4, 0.5) is 0 Å². The van der Waals surface area contributed by atoms with Crippen molar-refractivity contribution < 1.29 is 4.79 Å². The molecular weight excluding hydrogens is 204 g/mol. The van der Waals surface area contributed by atoms with Gasteiger partial charge in [-0.3, -0.25) is 4.79 Å². The average molecular weight is 218 g/mol. The molecule has 5 heteroatoms. The normalized spacial score (nSPS) is 10.2. The van der Waals surface area contributed by atoms with Gasteiger partial charge in [0.2, 0.25) is 0 Å². The van der Waals surface area contributed by atoms with Gasteiger partial charge in [-0.1, -0.05) is 0 Å². The number of H-pyrrole nitrogens is 1. The molecule has 2 N–H and O–H groups in total. The van der Waals surface area contributed by atoms with E-state index in [0.29, 0.717) is 12.2 Å². The standard InChI is InChI=1S/C11H14N4O/c16-11(10-3-1-4-13-10)14-5-2-7-15-8-6-12-9-15/h1,3-4,6,8-9,13H,2,5,7H2,(H,14,16). The molecule has 1 amide bonds. The Hall–Kier alpha value is -2.04. The molecular formula is C11H14N4O. The third-order valence-corrected chi connectivity index (χ3v) is 2.28. The Morgan fingerprint density at radius 1 is 1.56 bits per heavy atom. The fourth-order valence-corrected chi connectivity index (χ4v) is 1.45. The molecule has 2 rings (SSSR count). The Morgan fingerprint density at radius 3 is 3.19 bits per heavy atom. The van der Waals surface area contributed by atoms with Gasteiger partial charge in [0.25, 0.3) is 5.91 Å². The topological polar surface area (TPSA) is 62.7 Å². The van der Waals surface area contributed by atoms with Crippen LogP contribution in [0.15, 0.2) is 37.1 Å². The van der Waals surface area contributed by atoms with E-state index >= 15 is 0 Å². The van der Waals surface area contributed by atoms with Crippen molar-refractivity contribution in [3.05, 3.63) is 42.7 Å². The molecule has 84 valence electrons. The molecule has 0 saturated heterocycles. The van der Waals surface area contributed by atoms with Crippen LogP contribution in [0.3, 0.4) is 0 Å². The first-order chi connectivity index (χ1) is 7.86. The number of nitrogens with one attached hydrogen (secondary N) is 2. The van der Waals surface area contributed by atoms with Crippen molar-refractivity contribution >= 4 is 5.91 Å². The van der Waals surface area contributed by atoms with Gasteiger partial charge in [-0.05, 0) is 18.6 Å². The van der Waals surface area contributed by atoms with Gasteiger partial charge < -0.3 is 14.9 Å². The van der Waals surface area contributed by atoms with Crippen molar-refractivity contribution in [3.8, 4) is 0 Å². The maximum absolute atomic E-state index is 11.5. The Bertz CT molecular complexity index is 419. The highest BCUT2D eigenvalue weighted by Crippen LogP contribution is 1.94. The summed E-state index contributed by atoms with van der Waals surface area (Å²) in [7, 11) is 0. The minimum absolute atomic E-state index is 0.0596. The SMILES string of the molecule is O=C(NCCCn1ccnc1)c1ccc[nH]1. The van der Waals surface area contributed by atoms with Gasteiger partial charge in [0.05, 0.1) is 6.33 Å². The van der Waals surface area contributed by atoms with Crippen molar-refractivity contribution in [1.29, 1.82) is 0 Å². The van der Waals surface area contributed by atoms with E-state index in [0.717, 1.165) is 13.0 Å². The zero-order valence-corrected chi connectivity index (χ0v) is 8.89. The van der Waals surface area contributed by atoms with Crippen molar-refractivity contribution in [2.24, 2.45) is 0 Å². The monoisotopic (exact) mass is 218 g/mol. The number of nitrogens with zero attached hydrogens (tertiary/aromatic N) is 2. The maximum Gasteiger partial charge on any atom is 0.267 e. The lowest BCUT2D eigenvalue weighted by molar-refractivity contribution is 0.0948. The fraction of sp³-hybridized carbons (Fsp3) is 0.273. The highest BCUT2D eigenvalue weighted by Gasteiger charge is 2.03. The molecule has 0 saturated carbocycles. The molecule has 0 unspecified atom stereocenters. The molecule has 0 radical (unpaired) electrons. The van der Waals surface area contributed by atoms with Crippen LogP contribution in [0.5, 0.6) is 0 Å². The lowest BCUT2D eigenvalue weighted by Gasteiger charge is -2.04. The third kappa shape index (κ3) is 2.73. The molecule has 0 fully saturated rings. The Labute approximate surface area is 93.5 Å². The molecule has 2 aromatic heterocycles. The highest BCUT2D eigenvalue weighted by atomic mass is 16.1. The average Bonchev–Trinajstić information content (AvgIpc) is 2.96. The fourth-order valence-electron chi connectivity index (χ4n) is 1.45. The van der Waals surface area contributed by atoms with Crippen molar-refractivity contribution in [1.82, 2.24) is 19.9 Å². The number of rotatable bonds is 5. The number of carbonyl (C=O) groups is 1. The van der Waals surface area contributed by atoms with E-state index in [9.17, 15) is 4.79 Å². The Balaban J connectivity index is 1.67. The summed E-state index contributed by atoms with van der Waals surface area (Å²) in [5.41, 5.74) is 0.600.